The summed E-state index contributed by atoms with van der Waals surface area (Å²) >= 11 is 0. The van der Waals surface area contributed by atoms with Crippen molar-refractivity contribution in [1.82, 2.24) is 9.29 Å². The van der Waals surface area contributed by atoms with Crippen LogP contribution in [0, 0.1) is 0 Å². The number of oxazole rings is 1. The monoisotopic (exact) mass is 433 g/mol. The number of carbonyl (C=O) groups is 1. The highest BCUT2D eigenvalue weighted by Gasteiger charge is 2.40. The summed E-state index contributed by atoms with van der Waals surface area (Å²) < 4.78 is 52.3. The van der Waals surface area contributed by atoms with Gasteiger partial charge in [0, 0.05) is 25.7 Å². The lowest BCUT2D eigenvalue weighted by Crippen LogP contribution is -2.30. The fraction of sp³-hybridized carbons (Fsp3) is 0.300. The standard InChI is InChI=1S/C20H20FN3O5S/c1-13(25)22-14-6-8-15(9-7-14)30(26,27)24-10-16(21)19(11-24)28-12-20-23-17-4-2-3-5-18(17)29-20/h2-9,16,19H,10-12H2,1H3,(H,22,25)/t16-,19+/m1/s1. The normalized spacial score (nSPS) is 19.9. The van der Waals surface area contributed by atoms with Crippen LogP contribution in [-0.2, 0) is 26.2 Å². The molecule has 0 unspecified atom stereocenters. The molecule has 1 saturated heterocycles. The lowest BCUT2D eigenvalue weighted by molar-refractivity contribution is -0.114. The summed E-state index contributed by atoms with van der Waals surface area (Å²) in [5.41, 5.74) is 1.75. The number of para-hydroxylation sites is 2. The molecule has 1 N–H and O–H groups in total. The minimum absolute atomic E-state index is 0.0170. The second kappa shape index (κ2) is 8.13. The van der Waals surface area contributed by atoms with E-state index >= 15 is 0 Å². The predicted octanol–water partition coefficient (Wildman–Crippen LogP) is 2.71. The van der Waals surface area contributed by atoms with Crippen LogP contribution < -0.4 is 5.32 Å². The summed E-state index contributed by atoms with van der Waals surface area (Å²) in [7, 11) is -3.89. The molecule has 3 aromatic rings. The van der Waals surface area contributed by atoms with Gasteiger partial charge in [-0.3, -0.25) is 4.79 Å². The first-order chi connectivity index (χ1) is 14.3. The number of fused-ring (bicyclic) bond motifs is 1. The Morgan fingerprint density at radius 2 is 1.97 bits per heavy atom. The Morgan fingerprint density at radius 3 is 2.67 bits per heavy atom. The van der Waals surface area contributed by atoms with Gasteiger partial charge in [0.15, 0.2) is 5.58 Å². The van der Waals surface area contributed by atoms with E-state index in [9.17, 15) is 17.6 Å². The van der Waals surface area contributed by atoms with Gasteiger partial charge in [0.1, 0.15) is 24.4 Å². The molecule has 1 amide bonds. The summed E-state index contributed by atoms with van der Waals surface area (Å²) in [6.07, 6.45) is -2.39. The van der Waals surface area contributed by atoms with Crippen molar-refractivity contribution in [3.05, 3.63) is 54.4 Å². The Morgan fingerprint density at radius 1 is 1.23 bits per heavy atom. The number of sulfonamides is 1. The average molecular weight is 433 g/mol. The van der Waals surface area contributed by atoms with Crippen LogP contribution in [0.2, 0.25) is 0 Å². The average Bonchev–Trinajstić information content (AvgIpc) is 3.29. The number of nitrogens with zero attached hydrogens (tertiary/aromatic N) is 2. The van der Waals surface area contributed by atoms with Gasteiger partial charge in [-0.05, 0) is 36.4 Å². The van der Waals surface area contributed by atoms with E-state index in [0.29, 0.717) is 22.7 Å². The molecule has 0 aliphatic carbocycles. The maximum Gasteiger partial charge on any atom is 0.243 e. The molecule has 1 aliphatic rings. The molecule has 1 aliphatic heterocycles. The third kappa shape index (κ3) is 4.20. The van der Waals surface area contributed by atoms with Gasteiger partial charge >= 0.3 is 0 Å². The molecule has 2 heterocycles. The van der Waals surface area contributed by atoms with Gasteiger partial charge in [-0.15, -0.1) is 0 Å². The Hall–Kier alpha value is -2.82. The van der Waals surface area contributed by atoms with Gasteiger partial charge in [-0.25, -0.2) is 17.8 Å². The largest absolute Gasteiger partial charge is 0.438 e. The Bertz CT molecular complexity index is 1130. The van der Waals surface area contributed by atoms with E-state index in [1.165, 1.54) is 31.2 Å². The lowest BCUT2D eigenvalue weighted by Gasteiger charge is -2.16. The number of nitrogens with one attached hydrogen (secondary N) is 1. The topological polar surface area (TPSA) is 102 Å². The summed E-state index contributed by atoms with van der Waals surface area (Å²) in [6, 6.07) is 12.9. The first-order valence-electron chi connectivity index (χ1n) is 9.31. The predicted molar refractivity (Wildman–Crippen MR) is 107 cm³/mol. The van der Waals surface area contributed by atoms with Crippen molar-refractivity contribution >= 4 is 32.7 Å². The van der Waals surface area contributed by atoms with Crippen molar-refractivity contribution in [2.75, 3.05) is 18.4 Å². The molecule has 4 rings (SSSR count). The van der Waals surface area contributed by atoms with Crippen molar-refractivity contribution in [3.63, 3.8) is 0 Å². The van der Waals surface area contributed by atoms with Crippen LogP contribution in [0.3, 0.4) is 0 Å². The molecule has 0 radical (unpaired) electrons. The molecule has 8 nitrogen and oxygen atoms in total. The van der Waals surface area contributed by atoms with E-state index in [-0.39, 0.29) is 30.5 Å². The molecule has 2 aromatic carbocycles. The summed E-state index contributed by atoms with van der Waals surface area (Å²) in [4.78, 5) is 15.4. The smallest absolute Gasteiger partial charge is 0.243 e. The number of aromatic nitrogens is 1. The van der Waals surface area contributed by atoms with Gasteiger partial charge in [0.2, 0.25) is 21.8 Å². The van der Waals surface area contributed by atoms with Crippen LogP contribution in [0.5, 0.6) is 0 Å². The molecule has 0 spiro atoms. The van der Waals surface area contributed by atoms with Crippen LogP contribution in [0.15, 0.2) is 57.8 Å². The maximum absolute atomic E-state index is 14.5. The molecule has 1 fully saturated rings. The number of hydrogen-bond donors (Lipinski definition) is 1. The van der Waals surface area contributed by atoms with Crippen molar-refractivity contribution in [3.8, 4) is 0 Å². The number of ether oxygens (including phenoxy) is 1. The van der Waals surface area contributed by atoms with Crippen LogP contribution >= 0.6 is 0 Å². The molecule has 30 heavy (non-hydrogen) atoms. The van der Waals surface area contributed by atoms with Crippen molar-refractivity contribution in [1.29, 1.82) is 0 Å². The van der Waals surface area contributed by atoms with Gasteiger partial charge in [-0.1, -0.05) is 12.1 Å². The van der Waals surface area contributed by atoms with E-state index in [1.54, 1.807) is 12.1 Å². The fourth-order valence-corrected chi connectivity index (χ4v) is 4.74. The number of hydrogen-bond acceptors (Lipinski definition) is 6. The highest BCUT2D eigenvalue weighted by molar-refractivity contribution is 7.89. The number of benzene rings is 2. The molecule has 0 saturated carbocycles. The van der Waals surface area contributed by atoms with Gasteiger partial charge < -0.3 is 14.5 Å². The summed E-state index contributed by atoms with van der Waals surface area (Å²) in [6.45, 7) is 0.890. The highest BCUT2D eigenvalue weighted by atomic mass is 32.2. The molecule has 1 aromatic heterocycles. The van der Waals surface area contributed by atoms with Crippen LogP contribution in [-0.4, -0.2) is 49.0 Å². The van der Waals surface area contributed by atoms with E-state index in [1.807, 2.05) is 12.1 Å². The minimum Gasteiger partial charge on any atom is -0.438 e. The van der Waals surface area contributed by atoms with Crippen LogP contribution in [0.25, 0.3) is 11.1 Å². The summed E-state index contributed by atoms with van der Waals surface area (Å²) in [5, 5.41) is 2.57. The summed E-state index contributed by atoms with van der Waals surface area (Å²) in [5.74, 6) is 0.0441. The second-order valence-corrected chi connectivity index (χ2v) is 8.91. The zero-order valence-corrected chi connectivity index (χ0v) is 16.9. The minimum atomic E-state index is -3.89. The molecule has 0 bridgehead atoms. The maximum atomic E-state index is 14.5. The number of amides is 1. The number of rotatable bonds is 6. The molecule has 2 atom stereocenters. The zero-order valence-electron chi connectivity index (χ0n) is 16.1. The first-order valence-corrected chi connectivity index (χ1v) is 10.7. The Balaban J connectivity index is 1.41. The van der Waals surface area contributed by atoms with E-state index < -0.39 is 22.3 Å². The fourth-order valence-electron chi connectivity index (χ4n) is 3.28. The molecular weight excluding hydrogens is 413 g/mol. The number of anilines is 1. The third-order valence-corrected chi connectivity index (χ3v) is 6.58. The molecule has 10 heteroatoms. The SMILES string of the molecule is CC(=O)Nc1ccc(S(=O)(=O)N2C[C@@H](F)[C@@H](OCc3nc4ccccc4o3)C2)cc1. The first kappa shape index (κ1) is 20.5. The van der Waals surface area contributed by atoms with Crippen molar-refractivity contribution in [2.45, 2.75) is 30.7 Å². The zero-order chi connectivity index (χ0) is 21.3. The highest BCUT2D eigenvalue weighted by Crippen LogP contribution is 2.26. The Labute approximate surface area is 172 Å². The number of carbonyl (C=O) groups excluding carboxylic acids is 1. The van der Waals surface area contributed by atoms with E-state index in [2.05, 4.69) is 10.3 Å². The molecular formula is C20H20FN3O5S. The number of alkyl halides is 1. The van der Waals surface area contributed by atoms with Gasteiger partial charge in [0.25, 0.3) is 0 Å². The van der Waals surface area contributed by atoms with Crippen molar-refractivity contribution < 1.29 is 26.8 Å². The third-order valence-electron chi connectivity index (χ3n) is 4.74. The van der Waals surface area contributed by atoms with Crippen LogP contribution in [0.1, 0.15) is 12.8 Å². The lowest BCUT2D eigenvalue weighted by atomic mass is 10.3. The number of halogens is 1. The van der Waals surface area contributed by atoms with E-state index in [0.717, 1.165) is 4.31 Å². The second-order valence-electron chi connectivity index (χ2n) is 6.97. The van der Waals surface area contributed by atoms with Crippen LogP contribution in [0.4, 0.5) is 10.1 Å². The Kier molecular flexibility index (Phi) is 5.54. The van der Waals surface area contributed by atoms with Gasteiger partial charge in [0.05, 0.1) is 4.90 Å². The van der Waals surface area contributed by atoms with Gasteiger partial charge in [-0.2, -0.15) is 4.31 Å². The van der Waals surface area contributed by atoms with E-state index in [4.69, 9.17) is 9.15 Å². The van der Waals surface area contributed by atoms with Crippen molar-refractivity contribution in [2.24, 2.45) is 0 Å². The quantitative estimate of drug-likeness (QED) is 0.641. The molecule has 158 valence electrons.